The number of nitrogen functional groups attached to an aromatic ring is 1. The van der Waals surface area contributed by atoms with Gasteiger partial charge in [-0.25, -0.2) is 13.1 Å². The molecule has 1 aromatic carbocycles. The predicted octanol–water partition coefficient (Wildman–Crippen LogP) is 1.32. The van der Waals surface area contributed by atoms with Crippen LogP contribution >= 0.6 is 11.8 Å². The minimum Gasteiger partial charge on any atom is -0.398 e. The van der Waals surface area contributed by atoms with Crippen molar-refractivity contribution in [2.75, 3.05) is 37.0 Å². The summed E-state index contributed by atoms with van der Waals surface area (Å²) in [6.45, 7) is 3.17. The van der Waals surface area contributed by atoms with Crippen molar-refractivity contribution >= 4 is 27.5 Å². The molecule has 0 aliphatic rings. The molecule has 0 aliphatic carbocycles. The molecule has 0 amide bonds. The highest BCUT2D eigenvalue weighted by Gasteiger charge is 2.10. The fourth-order valence-electron chi connectivity index (χ4n) is 1.36. The van der Waals surface area contributed by atoms with Gasteiger partial charge in [-0.2, -0.15) is 0 Å². The number of hydrogen-bond acceptors (Lipinski definition) is 5. The molecule has 0 bridgehead atoms. The van der Waals surface area contributed by atoms with Crippen LogP contribution in [-0.2, 0) is 14.8 Å². The molecule has 0 fully saturated rings. The maximum atomic E-state index is 11.7. The van der Waals surface area contributed by atoms with Crippen LogP contribution in [0.1, 0.15) is 6.92 Å². The van der Waals surface area contributed by atoms with E-state index in [1.807, 2.05) is 25.1 Å². The molecule has 0 saturated heterocycles. The van der Waals surface area contributed by atoms with Crippen LogP contribution in [0.2, 0.25) is 0 Å². The number of rotatable bonds is 9. The number of nitrogens with two attached hydrogens (primary N) is 1. The van der Waals surface area contributed by atoms with Gasteiger partial charge in [-0.3, -0.25) is 0 Å². The first-order valence-corrected chi connectivity index (χ1v) is 8.71. The Hall–Kier alpha value is -0.760. The number of thioether (sulfide) groups is 1. The minimum atomic E-state index is -3.24. The zero-order chi connectivity index (χ0) is 14.1. The van der Waals surface area contributed by atoms with E-state index in [9.17, 15) is 8.42 Å². The topological polar surface area (TPSA) is 81.4 Å². The summed E-state index contributed by atoms with van der Waals surface area (Å²) in [6, 6.07) is 7.42. The SMILES string of the molecule is CCOCCNS(=O)(=O)CCSc1ccccc1N. The Morgan fingerprint density at radius 2 is 2.11 bits per heavy atom. The zero-order valence-electron chi connectivity index (χ0n) is 11.0. The third kappa shape index (κ3) is 6.81. The molecule has 5 nitrogen and oxygen atoms in total. The van der Waals surface area contributed by atoms with Gasteiger partial charge in [0.1, 0.15) is 0 Å². The second-order valence-corrected chi connectivity index (χ2v) is 6.86. The Morgan fingerprint density at radius 1 is 1.37 bits per heavy atom. The molecule has 0 aromatic heterocycles. The van der Waals surface area contributed by atoms with E-state index >= 15 is 0 Å². The van der Waals surface area contributed by atoms with E-state index < -0.39 is 10.0 Å². The number of nitrogens with one attached hydrogen (secondary N) is 1. The fourth-order valence-corrected chi connectivity index (χ4v) is 3.74. The molecular formula is C12H20N2O3S2. The molecule has 0 spiro atoms. The summed E-state index contributed by atoms with van der Waals surface area (Å²) in [5, 5.41) is 0. The number of sulfonamides is 1. The van der Waals surface area contributed by atoms with Crippen molar-refractivity contribution in [2.24, 2.45) is 0 Å². The fraction of sp³-hybridized carbons (Fsp3) is 0.500. The van der Waals surface area contributed by atoms with Gasteiger partial charge < -0.3 is 10.5 Å². The van der Waals surface area contributed by atoms with E-state index in [2.05, 4.69) is 4.72 Å². The third-order valence-electron chi connectivity index (χ3n) is 2.30. The second kappa shape index (κ2) is 8.42. The van der Waals surface area contributed by atoms with Crippen molar-refractivity contribution in [1.29, 1.82) is 0 Å². The minimum absolute atomic E-state index is 0.0676. The molecule has 0 unspecified atom stereocenters. The predicted molar refractivity (Wildman–Crippen MR) is 79.9 cm³/mol. The summed E-state index contributed by atoms with van der Waals surface area (Å²) < 4.78 is 30.9. The number of benzene rings is 1. The Bertz CT molecular complexity index is 478. The Labute approximate surface area is 119 Å². The standard InChI is InChI=1S/C12H20N2O3S2/c1-2-17-8-7-14-19(15,16)10-9-18-12-6-4-3-5-11(12)13/h3-6,14H,2,7-10,13H2,1H3. The average Bonchev–Trinajstić information content (AvgIpc) is 2.37. The van der Waals surface area contributed by atoms with Crippen LogP contribution in [0.5, 0.6) is 0 Å². The van der Waals surface area contributed by atoms with E-state index in [4.69, 9.17) is 10.5 Å². The maximum Gasteiger partial charge on any atom is 0.212 e. The van der Waals surface area contributed by atoms with Gasteiger partial charge in [0.05, 0.1) is 12.4 Å². The molecule has 7 heteroatoms. The molecule has 19 heavy (non-hydrogen) atoms. The first-order valence-electron chi connectivity index (χ1n) is 6.07. The van der Waals surface area contributed by atoms with E-state index in [-0.39, 0.29) is 5.75 Å². The quantitative estimate of drug-likeness (QED) is 0.408. The van der Waals surface area contributed by atoms with Crippen LogP contribution in [-0.4, -0.2) is 39.7 Å². The van der Waals surface area contributed by atoms with Gasteiger partial charge in [0.15, 0.2) is 0 Å². The molecule has 0 heterocycles. The van der Waals surface area contributed by atoms with Crippen molar-refractivity contribution in [3.05, 3.63) is 24.3 Å². The smallest absolute Gasteiger partial charge is 0.212 e. The highest BCUT2D eigenvalue weighted by Crippen LogP contribution is 2.24. The number of hydrogen-bond donors (Lipinski definition) is 2. The first kappa shape index (κ1) is 16.3. The lowest BCUT2D eigenvalue weighted by Crippen LogP contribution is -2.30. The summed E-state index contributed by atoms with van der Waals surface area (Å²) in [7, 11) is -3.24. The Kier molecular flexibility index (Phi) is 7.22. The van der Waals surface area contributed by atoms with Crippen LogP contribution in [0, 0.1) is 0 Å². The Balaban J connectivity index is 2.30. The zero-order valence-corrected chi connectivity index (χ0v) is 12.6. The number of ether oxygens (including phenoxy) is 1. The molecule has 0 saturated carbocycles. The lowest BCUT2D eigenvalue weighted by Gasteiger charge is -2.07. The van der Waals surface area contributed by atoms with Gasteiger partial charge in [0.25, 0.3) is 0 Å². The number of anilines is 1. The van der Waals surface area contributed by atoms with Crippen LogP contribution < -0.4 is 10.5 Å². The molecular weight excluding hydrogens is 284 g/mol. The Morgan fingerprint density at radius 3 is 2.79 bits per heavy atom. The molecule has 3 N–H and O–H groups in total. The van der Waals surface area contributed by atoms with E-state index in [1.165, 1.54) is 11.8 Å². The third-order valence-corrected chi connectivity index (χ3v) is 5.04. The lowest BCUT2D eigenvalue weighted by atomic mass is 10.3. The van der Waals surface area contributed by atoms with Crippen LogP contribution in [0.3, 0.4) is 0 Å². The van der Waals surface area contributed by atoms with Gasteiger partial charge in [-0.1, -0.05) is 12.1 Å². The monoisotopic (exact) mass is 304 g/mol. The molecule has 0 atom stereocenters. The largest absolute Gasteiger partial charge is 0.398 e. The highest BCUT2D eigenvalue weighted by atomic mass is 32.2. The highest BCUT2D eigenvalue weighted by molar-refractivity contribution is 8.00. The molecule has 1 rings (SSSR count). The van der Waals surface area contributed by atoms with Gasteiger partial charge in [-0.15, -0.1) is 11.8 Å². The van der Waals surface area contributed by atoms with Crippen LogP contribution in [0.15, 0.2) is 29.2 Å². The molecule has 1 aromatic rings. The second-order valence-electron chi connectivity index (χ2n) is 3.80. The summed E-state index contributed by atoms with van der Waals surface area (Å²) in [4.78, 5) is 0.909. The van der Waals surface area contributed by atoms with Crippen molar-refractivity contribution < 1.29 is 13.2 Å². The maximum absolute atomic E-state index is 11.7. The van der Waals surface area contributed by atoms with Crippen LogP contribution in [0.25, 0.3) is 0 Å². The summed E-state index contributed by atoms with van der Waals surface area (Å²) in [5.74, 6) is 0.538. The van der Waals surface area contributed by atoms with Gasteiger partial charge in [-0.05, 0) is 19.1 Å². The van der Waals surface area contributed by atoms with Crippen LogP contribution in [0.4, 0.5) is 5.69 Å². The lowest BCUT2D eigenvalue weighted by molar-refractivity contribution is 0.153. The van der Waals surface area contributed by atoms with E-state index in [0.717, 1.165) is 4.90 Å². The summed E-state index contributed by atoms with van der Waals surface area (Å²) in [5.41, 5.74) is 6.46. The molecule has 0 radical (unpaired) electrons. The normalized spacial score (nSPS) is 11.6. The van der Waals surface area contributed by atoms with Gasteiger partial charge in [0.2, 0.25) is 10.0 Å². The molecule has 0 aliphatic heterocycles. The van der Waals surface area contributed by atoms with E-state index in [1.54, 1.807) is 6.07 Å². The summed E-state index contributed by atoms with van der Waals surface area (Å²) >= 11 is 1.44. The summed E-state index contributed by atoms with van der Waals surface area (Å²) in [6.07, 6.45) is 0. The molecule has 108 valence electrons. The number of para-hydroxylation sites is 1. The van der Waals surface area contributed by atoms with Crippen molar-refractivity contribution in [3.8, 4) is 0 Å². The van der Waals surface area contributed by atoms with Crippen molar-refractivity contribution in [1.82, 2.24) is 4.72 Å². The van der Waals surface area contributed by atoms with Crippen molar-refractivity contribution in [2.45, 2.75) is 11.8 Å². The van der Waals surface area contributed by atoms with E-state index in [0.29, 0.717) is 31.2 Å². The first-order chi connectivity index (χ1) is 9.05. The van der Waals surface area contributed by atoms with Gasteiger partial charge in [0, 0.05) is 29.5 Å². The van der Waals surface area contributed by atoms with Crippen molar-refractivity contribution in [3.63, 3.8) is 0 Å². The average molecular weight is 304 g/mol. The van der Waals surface area contributed by atoms with Gasteiger partial charge >= 0.3 is 0 Å².